The lowest BCUT2D eigenvalue weighted by Crippen LogP contribution is -2.47. The van der Waals surface area contributed by atoms with E-state index in [1.165, 1.54) is 6.07 Å². The van der Waals surface area contributed by atoms with E-state index >= 15 is 0 Å². The normalized spacial score (nSPS) is 24.9. The van der Waals surface area contributed by atoms with Gasteiger partial charge in [-0.25, -0.2) is 0 Å². The molecule has 0 saturated carbocycles. The molecule has 1 fully saturated rings. The molecule has 0 aliphatic carbocycles. The predicted octanol–water partition coefficient (Wildman–Crippen LogP) is -0.872. The molecular weight excluding hydrogens is 218 g/mol. The summed E-state index contributed by atoms with van der Waals surface area (Å²) in [7, 11) is 0. The molecule has 1 aliphatic heterocycles. The van der Waals surface area contributed by atoms with Crippen molar-refractivity contribution in [2.75, 3.05) is 13.1 Å². The molecule has 0 aromatic carbocycles. The van der Waals surface area contributed by atoms with Gasteiger partial charge < -0.3 is 10.4 Å². The van der Waals surface area contributed by atoms with Crippen LogP contribution >= 0.6 is 0 Å². The fourth-order valence-electron chi connectivity index (χ4n) is 1.99. The minimum absolute atomic E-state index is 0.0804. The van der Waals surface area contributed by atoms with Gasteiger partial charge in [0.25, 0.3) is 6.04 Å². The van der Waals surface area contributed by atoms with Crippen LogP contribution < -0.4 is 15.7 Å². The van der Waals surface area contributed by atoms with E-state index in [0.29, 0.717) is 12.1 Å². The highest BCUT2D eigenvalue weighted by Crippen LogP contribution is 2.13. The molecule has 2 rings (SSSR count). The molecular formula is C12H15N3O2. The summed E-state index contributed by atoms with van der Waals surface area (Å²) >= 11 is 0. The molecule has 1 aromatic heterocycles. The van der Waals surface area contributed by atoms with Crippen LogP contribution in [0.5, 0.6) is 5.75 Å². The highest BCUT2D eigenvalue weighted by Gasteiger charge is 2.33. The molecule has 2 atom stereocenters. The van der Waals surface area contributed by atoms with Gasteiger partial charge in [-0.05, 0) is 19.0 Å². The smallest absolute Gasteiger partial charge is 0.528 e. The SMILES string of the molecule is O=[C+]C1NCCCNC1Cc1ncccc1[O-]. The Morgan fingerprint density at radius 2 is 2.29 bits per heavy atom. The number of rotatable bonds is 3. The molecule has 90 valence electrons. The molecule has 0 bridgehead atoms. The minimum Gasteiger partial charge on any atom is -0.871 e. The zero-order valence-corrected chi connectivity index (χ0v) is 9.48. The fraction of sp³-hybridized carbons (Fsp3) is 0.500. The van der Waals surface area contributed by atoms with Gasteiger partial charge in [0, 0.05) is 29.7 Å². The van der Waals surface area contributed by atoms with Gasteiger partial charge in [0.2, 0.25) is 0 Å². The second-order valence-electron chi connectivity index (χ2n) is 4.12. The highest BCUT2D eigenvalue weighted by atomic mass is 16.3. The van der Waals surface area contributed by atoms with E-state index in [0.717, 1.165) is 19.5 Å². The molecule has 17 heavy (non-hydrogen) atoms. The maximum atomic E-state index is 11.6. The van der Waals surface area contributed by atoms with E-state index in [-0.39, 0.29) is 17.8 Å². The van der Waals surface area contributed by atoms with Crippen LogP contribution in [0, 0.1) is 0 Å². The number of hydrogen-bond donors (Lipinski definition) is 2. The monoisotopic (exact) mass is 233 g/mol. The van der Waals surface area contributed by atoms with Crippen molar-refractivity contribution < 1.29 is 9.90 Å². The second-order valence-corrected chi connectivity index (χ2v) is 4.12. The van der Waals surface area contributed by atoms with E-state index in [9.17, 15) is 9.90 Å². The van der Waals surface area contributed by atoms with Crippen LogP contribution in [0.15, 0.2) is 18.3 Å². The van der Waals surface area contributed by atoms with Crippen molar-refractivity contribution in [1.82, 2.24) is 15.6 Å². The van der Waals surface area contributed by atoms with Crippen molar-refractivity contribution in [2.45, 2.75) is 24.9 Å². The summed E-state index contributed by atoms with van der Waals surface area (Å²) in [4.78, 5) is 14.9. The van der Waals surface area contributed by atoms with Crippen LogP contribution in [-0.2, 0) is 11.2 Å². The molecule has 1 aromatic rings. The Morgan fingerprint density at radius 1 is 1.47 bits per heavy atom. The standard InChI is InChI=1S/C12H15N3O2/c16-8-11-9(13-5-2-6-15-11)7-10-12(17)3-1-4-14-10/h1,3-4,9,11,13,15H,2,5-7H2. The van der Waals surface area contributed by atoms with Gasteiger partial charge in [0.15, 0.2) is 0 Å². The molecule has 2 unspecified atom stereocenters. The zero-order chi connectivity index (χ0) is 12.1. The zero-order valence-electron chi connectivity index (χ0n) is 9.48. The predicted molar refractivity (Wildman–Crippen MR) is 61.3 cm³/mol. The van der Waals surface area contributed by atoms with Gasteiger partial charge >= 0.3 is 6.29 Å². The number of hydrogen-bond acceptors (Lipinski definition) is 5. The lowest BCUT2D eigenvalue weighted by Gasteiger charge is -2.18. The summed E-state index contributed by atoms with van der Waals surface area (Å²) in [6.07, 6.45) is 4.99. The summed E-state index contributed by atoms with van der Waals surface area (Å²) in [5.41, 5.74) is 0.494. The Bertz CT molecular complexity index is 384. The van der Waals surface area contributed by atoms with Crippen LogP contribution in [0.25, 0.3) is 0 Å². The molecule has 1 aliphatic rings. The molecule has 5 heteroatoms. The van der Waals surface area contributed by atoms with Crippen LogP contribution in [0.4, 0.5) is 0 Å². The van der Waals surface area contributed by atoms with Gasteiger partial charge in [-0.3, -0.25) is 10.3 Å². The Morgan fingerprint density at radius 3 is 3.06 bits per heavy atom. The van der Waals surface area contributed by atoms with Gasteiger partial charge in [-0.15, -0.1) is 0 Å². The molecule has 2 N–H and O–H groups in total. The molecule has 2 heterocycles. The summed E-state index contributed by atoms with van der Waals surface area (Å²) in [5, 5.41) is 17.9. The lowest BCUT2D eigenvalue weighted by molar-refractivity contribution is -0.270. The maximum Gasteiger partial charge on any atom is 0.528 e. The van der Waals surface area contributed by atoms with Gasteiger partial charge in [-0.1, -0.05) is 11.8 Å². The van der Waals surface area contributed by atoms with Gasteiger partial charge in [0.05, 0.1) is 6.04 Å². The lowest BCUT2D eigenvalue weighted by atomic mass is 10.0. The number of carbonyl (C=O) groups excluding carboxylic acids is 1. The second kappa shape index (κ2) is 5.68. The third-order valence-corrected chi connectivity index (χ3v) is 2.92. The molecule has 0 amide bonds. The van der Waals surface area contributed by atoms with Crippen molar-refractivity contribution >= 4 is 6.29 Å². The first-order valence-electron chi connectivity index (χ1n) is 5.76. The third-order valence-electron chi connectivity index (χ3n) is 2.92. The first-order valence-corrected chi connectivity index (χ1v) is 5.76. The van der Waals surface area contributed by atoms with Crippen LogP contribution in [-0.4, -0.2) is 36.4 Å². The van der Waals surface area contributed by atoms with Crippen LogP contribution in [0.2, 0.25) is 0 Å². The third kappa shape index (κ3) is 2.97. The van der Waals surface area contributed by atoms with E-state index < -0.39 is 0 Å². The highest BCUT2D eigenvalue weighted by molar-refractivity contribution is 5.60. The summed E-state index contributed by atoms with van der Waals surface area (Å²) in [5.74, 6) is -0.0804. The van der Waals surface area contributed by atoms with Crippen LogP contribution in [0.1, 0.15) is 12.1 Å². The minimum atomic E-state index is -0.376. The van der Waals surface area contributed by atoms with E-state index in [2.05, 4.69) is 15.6 Å². The Kier molecular flexibility index (Phi) is 3.98. The van der Waals surface area contributed by atoms with Crippen molar-refractivity contribution in [3.63, 3.8) is 0 Å². The average Bonchev–Trinajstić information content (AvgIpc) is 2.57. The summed E-state index contributed by atoms with van der Waals surface area (Å²) < 4.78 is 0. The Balaban J connectivity index is 2.10. The van der Waals surface area contributed by atoms with Crippen molar-refractivity contribution in [2.24, 2.45) is 0 Å². The molecule has 5 nitrogen and oxygen atoms in total. The van der Waals surface area contributed by atoms with Crippen molar-refractivity contribution in [3.05, 3.63) is 24.0 Å². The number of nitrogens with zero attached hydrogens (tertiary/aromatic N) is 1. The quantitative estimate of drug-likeness (QED) is 0.663. The van der Waals surface area contributed by atoms with Crippen LogP contribution in [0.3, 0.4) is 0 Å². The molecule has 0 radical (unpaired) electrons. The average molecular weight is 233 g/mol. The first-order chi connectivity index (χ1) is 8.31. The fourth-order valence-corrected chi connectivity index (χ4v) is 1.99. The Hall–Kier alpha value is -1.55. The number of pyridine rings is 1. The van der Waals surface area contributed by atoms with E-state index in [1.54, 1.807) is 12.3 Å². The maximum absolute atomic E-state index is 11.6. The topological polar surface area (TPSA) is 77.1 Å². The van der Waals surface area contributed by atoms with Gasteiger partial charge in [-0.2, -0.15) is 0 Å². The summed E-state index contributed by atoms with van der Waals surface area (Å²) in [6, 6.07) is 2.62. The molecule has 0 spiro atoms. The van der Waals surface area contributed by atoms with Gasteiger partial charge in [0.1, 0.15) is 0 Å². The van der Waals surface area contributed by atoms with E-state index in [4.69, 9.17) is 0 Å². The van der Waals surface area contributed by atoms with Crippen molar-refractivity contribution in [3.8, 4) is 5.75 Å². The van der Waals surface area contributed by atoms with Crippen molar-refractivity contribution in [1.29, 1.82) is 0 Å². The largest absolute Gasteiger partial charge is 0.871 e. The Labute approximate surface area is 100 Å². The van der Waals surface area contributed by atoms with E-state index in [1.807, 2.05) is 6.29 Å². The number of nitrogens with one attached hydrogen (secondary N) is 2. The number of aromatic nitrogens is 1. The molecule has 1 saturated heterocycles. The summed E-state index contributed by atoms with van der Waals surface area (Å²) in [6.45, 7) is 1.62. The first kappa shape index (κ1) is 11.9.